The summed E-state index contributed by atoms with van der Waals surface area (Å²) < 4.78 is 0. The molecule has 1 amide bonds. The van der Waals surface area contributed by atoms with Gasteiger partial charge in [-0.2, -0.15) is 0 Å². The van der Waals surface area contributed by atoms with Crippen molar-refractivity contribution in [3.63, 3.8) is 0 Å². The first kappa shape index (κ1) is 21.9. The SMILES string of the molecule is Cc1cc(CO)c2cccc(Cc3cccc(NC(=O)c4ccc(-c5ccccn5)s4)c3)c2n1. The summed E-state index contributed by atoms with van der Waals surface area (Å²) in [6.45, 7) is 1.92. The number of carbonyl (C=O) groups is 1. The number of rotatable bonds is 6. The molecule has 0 radical (unpaired) electrons. The van der Waals surface area contributed by atoms with Crippen molar-refractivity contribution < 1.29 is 9.90 Å². The number of hydrogen-bond donors (Lipinski definition) is 2. The lowest BCUT2D eigenvalue weighted by atomic mass is 9.99. The molecule has 3 aromatic heterocycles. The van der Waals surface area contributed by atoms with Gasteiger partial charge in [0.1, 0.15) is 0 Å². The zero-order valence-corrected chi connectivity index (χ0v) is 19.5. The maximum atomic E-state index is 12.9. The fourth-order valence-electron chi connectivity index (χ4n) is 4.07. The minimum absolute atomic E-state index is 0.0183. The van der Waals surface area contributed by atoms with Gasteiger partial charge in [0.2, 0.25) is 0 Å². The van der Waals surface area contributed by atoms with Crippen molar-refractivity contribution in [1.29, 1.82) is 0 Å². The Hall–Kier alpha value is -3.87. The van der Waals surface area contributed by atoms with Crippen LogP contribution in [-0.2, 0) is 13.0 Å². The molecule has 0 saturated heterocycles. The fourth-order valence-corrected chi connectivity index (χ4v) is 4.95. The van der Waals surface area contributed by atoms with Crippen LogP contribution in [0.1, 0.15) is 32.1 Å². The predicted molar refractivity (Wildman–Crippen MR) is 137 cm³/mol. The summed E-state index contributed by atoms with van der Waals surface area (Å²) in [6.07, 6.45) is 2.42. The van der Waals surface area contributed by atoms with Gasteiger partial charge < -0.3 is 10.4 Å². The lowest BCUT2D eigenvalue weighted by molar-refractivity contribution is 0.103. The number of aliphatic hydroxyl groups is 1. The summed E-state index contributed by atoms with van der Waals surface area (Å²) >= 11 is 1.42. The number of aryl methyl sites for hydroxylation is 1. The number of nitrogens with one attached hydrogen (secondary N) is 1. The first-order valence-corrected chi connectivity index (χ1v) is 11.8. The summed E-state index contributed by atoms with van der Waals surface area (Å²) in [6, 6.07) is 25.3. The van der Waals surface area contributed by atoms with Gasteiger partial charge in [0.15, 0.2) is 0 Å². The number of anilines is 1. The molecule has 0 aliphatic heterocycles. The van der Waals surface area contributed by atoms with E-state index >= 15 is 0 Å². The molecule has 3 heterocycles. The smallest absolute Gasteiger partial charge is 0.265 e. The van der Waals surface area contributed by atoms with Gasteiger partial charge in [-0.3, -0.25) is 14.8 Å². The van der Waals surface area contributed by atoms with Crippen LogP contribution in [0.5, 0.6) is 0 Å². The zero-order valence-electron chi connectivity index (χ0n) is 18.7. The Morgan fingerprint density at radius 2 is 1.85 bits per heavy atom. The molecule has 6 heteroatoms. The van der Waals surface area contributed by atoms with E-state index in [1.54, 1.807) is 6.20 Å². The van der Waals surface area contributed by atoms with Crippen molar-refractivity contribution in [2.75, 3.05) is 5.32 Å². The van der Waals surface area contributed by atoms with Crippen LogP contribution >= 0.6 is 11.3 Å². The first-order valence-electron chi connectivity index (χ1n) is 11.0. The van der Waals surface area contributed by atoms with E-state index in [4.69, 9.17) is 4.98 Å². The molecule has 0 atom stereocenters. The number of benzene rings is 2. The van der Waals surface area contributed by atoms with Gasteiger partial charge in [0.25, 0.3) is 5.91 Å². The number of carbonyl (C=O) groups excluding carboxylic acids is 1. The topological polar surface area (TPSA) is 75.1 Å². The van der Waals surface area contributed by atoms with E-state index in [0.29, 0.717) is 11.3 Å². The van der Waals surface area contributed by atoms with Crippen molar-refractivity contribution in [1.82, 2.24) is 9.97 Å². The van der Waals surface area contributed by atoms with E-state index in [9.17, 15) is 9.90 Å². The number of para-hydroxylation sites is 1. The van der Waals surface area contributed by atoms with Crippen LogP contribution in [0.25, 0.3) is 21.5 Å². The van der Waals surface area contributed by atoms with Crippen LogP contribution in [0, 0.1) is 6.92 Å². The Bertz CT molecular complexity index is 1480. The summed E-state index contributed by atoms with van der Waals surface area (Å²) in [5.74, 6) is -0.139. The molecule has 0 spiro atoms. The molecule has 5 rings (SSSR count). The highest BCUT2D eigenvalue weighted by molar-refractivity contribution is 7.17. The number of aromatic nitrogens is 2. The first-order chi connectivity index (χ1) is 16.6. The van der Waals surface area contributed by atoms with Crippen LogP contribution in [-0.4, -0.2) is 21.0 Å². The monoisotopic (exact) mass is 465 g/mol. The number of nitrogens with zero attached hydrogens (tertiary/aromatic N) is 2. The summed E-state index contributed by atoms with van der Waals surface area (Å²) in [5, 5.41) is 13.7. The molecule has 34 heavy (non-hydrogen) atoms. The van der Waals surface area contributed by atoms with Crippen LogP contribution in [0.2, 0.25) is 0 Å². The summed E-state index contributed by atoms with van der Waals surface area (Å²) in [5.41, 5.74) is 6.42. The minimum atomic E-state index is -0.139. The molecule has 5 nitrogen and oxygen atoms in total. The normalized spacial score (nSPS) is 11.0. The largest absolute Gasteiger partial charge is 0.392 e. The molecule has 0 fully saturated rings. The number of hydrogen-bond acceptors (Lipinski definition) is 5. The Kier molecular flexibility index (Phi) is 6.16. The third kappa shape index (κ3) is 4.59. The third-order valence-corrected chi connectivity index (χ3v) is 6.74. The Labute approximate surface area is 201 Å². The second kappa shape index (κ2) is 9.55. The highest BCUT2D eigenvalue weighted by atomic mass is 32.1. The maximum Gasteiger partial charge on any atom is 0.265 e. The maximum absolute atomic E-state index is 12.9. The van der Waals surface area contributed by atoms with Crippen molar-refractivity contribution in [2.24, 2.45) is 0 Å². The number of fused-ring (bicyclic) bond motifs is 1. The fraction of sp³-hybridized carbons (Fsp3) is 0.107. The Balaban J connectivity index is 1.36. The van der Waals surface area contributed by atoms with Gasteiger partial charge in [-0.25, -0.2) is 0 Å². The zero-order chi connectivity index (χ0) is 23.5. The quantitative estimate of drug-likeness (QED) is 0.322. The van der Waals surface area contributed by atoms with Crippen LogP contribution in [0.3, 0.4) is 0 Å². The average molecular weight is 466 g/mol. The van der Waals surface area contributed by atoms with Crippen LogP contribution in [0.15, 0.2) is 85.1 Å². The predicted octanol–water partition coefficient (Wildman–Crippen LogP) is 6.00. The van der Waals surface area contributed by atoms with E-state index in [0.717, 1.165) is 49.5 Å². The average Bonchev–Trinajstić information content (AvgIpc) is 3.35. The molecule has 5 aromatic rings. The van der Waals surface area contributed by atoms with Crippen molar-refractivity contribution in [2.45, 2.75) is 20.0 Å². The van der Waals surface area contributed by atoms with Gasteiger partial charge in [-0.15, -0.1) is 11.3 Å². The van der Waals surface area contributed by atoms with E-state index in [1.165, 1.54) is 11.3 Å². The molecule has 0 unspecified atom stereocenters. The molecule has 0 bridgehead atoms. The van der Waals surface area contributed by atoms with Gasteiger partial charge in [-0.05, 0) is 72.5 Å². The molecule has 168 valence electrons. The Morgan fingerprint density at radius 3 is 2.68 bits per heavy atom. The van der Waals surface area contributed by atoms with Crippen molar-refractivity contribution in [3.8, 4) is 10.6 Å². The van der Waals surface area contributed by atoms with Gasteiger partial charge in [-0.1, -0.05) is 36.4 Å². The number of amides is 1. The van der Waals surface area contributed by atoms with E-state index in [1.807, 2.05) is 79.7 Å². The summed E-state index contributed by atoms with van der Waals surface area (Å²) in [4.78, 5) is 23.5. The molecule has 0 saturated carbocycles. The number of pyridine rings is 2. The lowest BCUT2D eigenvalue weighted by Gasteiger charge is -2.11. The van der Waals surface area contributed by atoms with E-state index in [-0.39, 0.29) is 12.5 Å². The van der Waals surface area contributed by atoms with Gasteiger partial charge in [0, 0.05) is 23.0 Å². The minimum Gasteiger partial charge on any atom is -0.392 e. The van der Waals surface area contributed by atoms with Gasteiger partial charge >= 0.3 is 0 Å². The van der Waals surface area contributed by atoms with Gasteiger partial charge in [0.05, 0.1) is 27.6 Å². The van der Waals surface area contributed by atoms with E-state index < -0.39 is 0 Å². The molecular formula is C28H23N3O2S. The van der Waals surface area contributed by atoms with Crippen molar-refractivity contribution >= 4 is 33.8 Å². The second-order valence-corrected chi connectivity index (χ2v) is 9.19. The van der Waals surface area contributed by atoms with Crippen LogP contribution in [0.4, 0.5) is 5.69 Å². The molecule has 0 aliphatic carbocycles. The highest BCUT2D eigenvalue weighted by Crippen LogP contribution is 2.28. The second-order valence-electron chi connectivity index (χ2n) is 8.10. The van der Waals surface area contributed by atoms with Crippen molar-refractivity contribution in [3.05, 3.63) is 112 Å². The summed E-state index contributed by atoms with van der Waals surface area (Å²) in [7, 11) is 0. The molecule has 0 aliphatic rings. The van der Waals surface area contributed by atoms with E-state index in [2.05, 4.69) is 16.4 Å². The third-order valence-electron chi connectivity index (χ3n) is 5.63. The standard InChI is InChI=1S/C28H23N3O2S/c1-18-14-21(17-32)23-9-5-7-20(27(23)30-18)15-19-6-4-8-22(16-19)31-28(33)26-12-11-25(34-26)24-10-2-3-13-29-24/h2-14,16,32H,15,17H2,1H3,(H,31,33). The Morgan fingerprint density at radius 1 is 0.971 bits per heavy atom. The molecular weight excluding hydrogens is 442 g/mol. The molecule has 2 aromatic carbocycles. The lowest BCUT2D eigenvalue weighted by Crippen LogP contribution is -2.10. The van der Waals surface area contributed by atoms with Crippen LogP contribution < -0.4 is 5.32 Å². The number of thiophene rings is 1. The highest BCUT2D eigenvalue weighted by Gasteiger charge is 2.12. The number of aliphatic hydroxyl groups excluding tert-OH is 1. The molecule has 2 N–H and O–H groups in total.